The first-order chi connectivity index (χ1) is 4.74. The Morgan fingerprint density at radius 2 is 2.50 bits per heavy atom. The fraction of sp³-hybridized carbons (Fsp3) is 0.667. The Hall–Kier alpha value is -0.900. The predicted octanol–water partition coefficient (Wildman–Crippen LogP) is 0.259. The van der Waals surface area contributed by atoms with Crippen molar-refractivity contribution in [2.24, 2.45) is 7.05 Å². The lowest BCUT2D eigenvalue weighted by Gasteiger charge is -1.99. The van der Waals surface area contributed by atoms with Crippen LogP contribution in [0.1, 0.15) is 25.1 Å². The van der Waals surface area contributed by atoms with Gasteiger partial charge in [-0.2, -0.15) is 0 Å². The molecule has 0 radical (unpaired) electrons. The zero-order valence-electron chi connectivity index (χ0n) is 6.15. The van der Waals surface area contributed by atoms with Gasteiger partial charge in [0.25, 0.3) is 0 Å². The number of aliphatic hydroxyl groups is 1. The lowest BCUT2D eigenvalue weighted by Crippen LogP contribution is -1.94. The molecule has 0 saturated carbocycles. The first-order valence-electron chi connectivity index (χ1n) is 3.28. The third-order valence-electron chi connectivity index (χ3n) is 1.35. The summed E-state index contributed by atoms with van der Waals surface area (Å²) in [6.45, 7) is 1.90. The Morgan fingerprint density at radius 3 is 2.90 bits per heavy atom. The van der Waals surface area contributed by atoms with Crippen LogP contribution in [0.15, 0.2) is 6.20 Å². The largest absolute Gasteiger partial charge is 0.387 e. The van der Waals surface area contributed by atoms with E-state index in [9.17, 15) is 5.11 Å². The van der Waals surface area contributed by atoms with Gasteiger partial charge in [0.2, 0.25) is 0 Å². The molecule has 4 heteroatoms. The van der Waals surface area contributed by atoms with E-state index in [0.717, 1.165) is 0 Å². The summed E-state index contributed by atoms with van der Waals surface area (Å²) in [6.07, 6.45) is 1.93. The highest BCUT2D eigenvalue weighted by Gasteiger charge is 2.07. The molecule has 0 aliphatic rings. The molecule has 0 fully saturated rings. The fourth-order valence-corrected chi connectivity index (χ4v) is 0.727. The van der Waals surface area contributed by atoms with E-state index in [1.807, 2.05) is 6.92 Å². The zero-order chi connectivity index (χ0) is 7.56. The van der Waals surface area contributed by atoms with Crippen LogP contribution in [0.3, 0.4) is 0 Å². The number of aliphatic hydroxyl groups excluding tert-OH is 1. The highest BCUT2D eigenvalue weighted by Crippen LogP contribution is 2.10. The third kappa shape index (κ3) is 1.33. The number of hydrogen-bond acceptors (Lipinski definition) is 3. The molecule has 1 unspecified atom stereocenters. The van der Waals surface area contributed by atoms with Crippen molar-refractivity contribution in [2.75, 3.05) is 0 Å². The van der Waals surface area contributed by atoms with E-state index >= 15 is 0 Å². The van der Waals surface area contributed by atoms with E-state index in [0.29, 0.717) is 12.1 Å². The lowest BCUT2D eigenvalue weighted by molar-refractivity contribution is 0.168. The van der Waals surface area contributed by atoms with Crippen LogP contribution in [0.4, 0.5) is 0 Å². The summed E-state index contributed by atoms with van der Waals surface area (Å²) in [5.74, 6) is 0. The van der Waals surface area contributed by atoms with Gasteiger partial charge < -0.3 is 5.11 Å². The van der Waals surface area contributed by atoms with E-state index in [-0.39, 0.29) is 0 Å². The van der Waals surface area contributed by atoms with E-state index in [1.54, 1.807) is 17.9 Å². The Morgan fingerprint density at radius 1 is 1.80 bits per heavy atom. The molecular formula is C6H11N3O. The van der Waals surface area contributed by atoms with Gasteiger partial charge in [-0.3, -0.25) is 4.68 Å². The van der Waals surface area contributed by atoms with Crippen LogP contribution in [0.25, 0.3) is 0 Å². The molecule has 1 heterocycles. The van der Waals surface area contributed by atoms with E-state index in [2.05, 4.69) is 10.3 Å². The fourth-order valence-electron chi connectivity index (χ4n) is 0.727. The molecule has 1 rings (SSSR count). The average Bonchev–Trinajstić information content (AvgIpc) is 2.34. The van der Waals surface area contributed by atoms with Crippen LogP contribution in [-0.2, 0) is 7.05 Å². The highest BCUT2D eigenvalue weighted by atomic mass is 16.3. The molecule has 1 aromatic rings. The maximum atomic E-state index is 9.23. The summed E-state index contributed by atoms with van der Waals surface area (Å²) >= 11 is 0. The average molecular weight is 141 g/mol. The molecular weight excluding hydrogens is 130 g/mol. The van der Waals surface area contributed by atoms with Crippen LogP contribution in [-0.4, -0.2) is 20.1 Å². The van der Waals surface area contributed by atoms with Gasteiger partial charge >= 0.3 is 0 Å². The molecule has 4 nitrogen and oxygen atoms in total. The van der Waals surface area contributed by atoms with Crippen LogP contribution in [0.5, 0.6) is 0 Å². The molecule has 1 aromatic heterocycles. The number of nitrogens with zero attached hydrogens (tertiary/aromatic N) is 3. The molecule has 0 aliphatic heterocycles. The van der Waals surface area contributed by atoms with E-state index in [1.165, 1.54) is 0 Å². The second-order valence-electron chi connectivity index (χ2n) is 2.24. The summed E-state index contributed by atoms with van der Waals surface area (Å²) in [5.41, 5.74) is 0.644. The Labute approximate surface area is 59.5 Å². The Balaban J connectivity index is 2.74. The van der Waals surface area contributed by atoms with Gasteiger partial charge in [0.05, 0.1) is 12.3 Å². The maximum Gasteiger partial charge on any atom is 0.111 e. The van der Waals surface area contributed by atoms with Crippen molar-refractivity contribution in [3.63, 3.8) is 0 Å². The number of aromatic nitrogens is 3. The van der Waals surface area contributed by atoms with Crippen molar-refractivity contribution >= 4 is 0 Å². The van der Waals surface area contributed by atoms with Gasteiger partial charge in [-0.1, -0.05) is 12.1 Å². The van der Waals surface area contributed by atoms with Crippen LogP contribution >= 0.6 is 0 Å². The standard InChI is InChI=1S/C6H11N3O/c1-3-6(10)5-4-9(2)8-7-5/h4,6,10H,3H2,1-2H3. The minimum atomic E-state index is -0.464. The zero-order valence-corrected chi connectivity index (χ0v) is 6.15. The molecule has 56 valence electrons. The van der Waals surface area contributed by atoms with Crippen LogP contribution in [0, 0.1) is 0 Å². The first-order valence-corrected chi connectivity index (χ1v) is 3.28. The van der Waals surface area contributed by atoms with E-state index in [4.69, 9.17) is 0 Å². The minimum absolute atomic E-state index is 0.464. The molecule has 10 heavy (non-hydrogen) atoms. The second kappa shape index (κ2) is 2.79. The number of rotatable bonds is 2. The summed E-state index contributed by atoms with van der Waals surface area (Å²) in [7, 11) is 1.78. The predicted molar refractivity (Wildman–Crippen MR) is 36.3 cm³/mol. The Bertz CT molecular complexity index is 209. The number of hydrogen-bond donors (Lipinski definition) is 1. The quantitative estimate of drug-likeness (QED) is 0.642. The summed E-state index contributed by atoms with van der Waals surface area (Å²) in [5, 5.41) is 16.7. The van der Waals surface area contributed by atoms with Crippen molar-refractivity contribution in [3.05, 3.63) is 11.9 Å². The number of aryl methyl sites for hydroxylation is 1. The Kier molecular flexibility index (Phi) is 2.01. The first kappa shape index (κ1) is 7.21. The minimum Gasteiger partial charge on any atom is -0.387 e. The van der Waals surface area contributed by atoms with Crippen molar-refractivity contribution < 1.29 is 5.11 Å². The van der Waals surface area contributed by atoms with Crippen LogP contribution < -0.4 is 0 Å². The molecule has 0 amide bonds. The third-order valence-corrected chi connectivity index (χ3v) is 1.35. The van der Waals surface area contributed by atoms with Crippen molar-refractivity contribution in [1.82, 2.24) is 15.0 Å². The van der Waals surface area contributed by atoms with Gasteiger partial charge in [-0.15, -0.1) is 5.10 Å². The van der Waals surface area contributed by atoms with E-state index < -0.39 is 6.10 Å². The van der Waals surface area contributed by atoms with Gasteiger partial charge in [0.15, 0.2) is 0 Å². The topological polar surface area (TPSA) is 50.9 Å². The normalized spacial score (nSPS) is 13.5. The molecule has 0 aliphatic carbocycles. The monoisotopic (exact) mass is 141 g/mol. The summed E-state index contributed by atoms with van der Waals surface area (Å²) in [6, 6.07) is 0. The molecule has 0 saturated heterocycles. The molecule has 1 atom stereocenters. The van der Waals surface area contributed by atoms with Crippen molar-refractivity contribution in [2.45, 2.75) is 19.4 Å². The lowest BCUT2D eigenvalue weighted by atomic mass is 10.2. The van der Waals surface area contributed by atoms with Crippen molar-refractivity contribution in [1.29, 1.82) is 0 Å². The summed E-state index contributed by atoms with van der Waals surface area (Å²) < 4.78 is 1.58. The highest BCUT2D eigenvalue weighted by molar-refractivity contribution is 4.95. The van der Waals surface area contributed by atoms with Crippen LogP contribution in [0.2, 0.25) is 0 Å². The maximum absolute atomic E-state index is 9.23. The molecule has 0 bridgehead atoms. The van der Waals surface area contributed by atoms with Gasteiger partial charge in [0, 0.05) is 7.05 Å². The van der Waals surface area contributed by atoms with Crippen molar-refractivity contribution in [3.8, 4) is 0 Å². The van der Waals surface area contributed by atoms with Gasteiger partial charge in [-0.05, 0) is 6.42 Å². The smallest absolute Gasteiger partial charge is 0.111 e. The SMILES string of the molecule is CCC(O)c1cn(C)nn1. The van der Waals surface area contributed by atoms with Gasteiger partial charge in [0.1, 0.15) is 5.69 Å². The second-order valence-corrected chi connectivity index (χ2v) is 2.24. The molecule has 1 N–H and O–H groups in total. The summed E-state index contributed by atoms with van der Waals surface area (Å²) in [4.78, 5) is 0. The molecule has 0 aromatic carbocycles. The van der Waals surface area contributed by atoms with Gasteiger partial charge in [-0.25, -0.2) is 0 Å². The molecule has 0 spiro atoms.